The maximum Gasteiger partial charge on any atom is 0.401 e. The number of hydrogen-bond donors (Lipinski definition) is 2. The average molecular weight is 378 g/mol. The lowest BCUT2D eigenvalue weighted by Crippen LogP contribution is -2.41. The Morgan fingerprint density at radius 2 is 1.92 bits per heavy atom. The van der Waals surface area contributed by atoms with Crippen molar-refractivity contribution in [1.82, 2.24) is 15.5 Å². The summed E-state index contributed by atoms with van der Waals surface area (Å²) in [5.41, 5.74) is 0. The van der Waals surface area contributed by atoms with E-state index in [4.69, 9.17) is 4.74 Å². The molecule has 1 heterocycles. The number of hydrogen-bond acceptors (Lipinski definition) is 3. The van der Waals surface area contributed by atoms with E-state index in [9.17, 15) is 13.2 Å². The highest BCUT2D eigenvalue weighted by Gasteiger charge is 2.34. The molecule has 152 valence electrons. The second kappa shape index (κ2) is 11.0. The second-order valence-electron chi connectivity index (χ2n) is 7.37. The number of ether oxygens (including phenoxy) is 1. The highest BCUT2D eigenvalue weighted by molar-refractivity contribution is 5.79. The second-order valence-corrected chi connectivity index (χ2v) is 7.37. The van der Waals surface area contributed by atoms with E-state index in [0.29, 0.717) is 31.7 Å². The van der Waals surface area contributed by atoms with Gasteiger partial charge in [-0.1, -0.05) is 19.3 Å². The van der Waals surface area contributed by atoms with E-state index in [1.807, 2.05) is 0 Å². The first-order chi connectivity index (χ1) is 12.5. The molecule has 1 aliphatic heterocycles. The minimum atomic E-state index is -4.11. The molecule has 8 heteroatoms. The molecule has 1 saturated carbocycles. The van der Waals surface area contributed by atoms with E-state index < -0.39 is 12.7 Å². The van der Waals surface area contributed by atoms with Gasteiger partial charge in [0, 0.05) is 33.3 Å². The fourth-order valence-corrected chi connectivity index (χ4v) is 3.70. The molecule has 0 radical (unpaired) electrons. The van der Waals surface area contributed by atoms with Crippen molar-refractivity contribution in [3.63, 3.8) is 0 Å². The Kier molecular flexibility index (Phi) is 8.98. The highest BCUT2D eigenvalue weighted by atomic mass is 19.4. The number of halogens is 3. The molecular formula is C18H33F3N4O. The van der Waals surface area contributed by atoms with Crippen molar-refractivity contribution in [3.05, 3.63) is 0 Å². The normalized spacial score (nSPS) is 23.4. The van der Waals surface area contributed by atoms with E-state index in [0.717, 1.165) is 26.0 Å². The topological polar surface area (TPSA) is 48.9 Å². The van der Waals surface area contributed by atoms with Gasteiger partial charge in [-0.05, 0) is 38.1 Å². The summed E-state index contributed by atoms with van der Waals surface area (Å²) in [6.07, 6.45) is 4.28. The summed E-state index contributed by atoms with van der Waals surface area (Å²) < 4.78 is 43.2. The third kappa shape index (κ3) is 8.58. The molecule has 1 atom stereocenters. The Bertz CT molecular complexity index is 425. The van der Waals surface area contributed by atoms with Crippen molar-refractivity contribution in [2.24, 2.45) is 10.9 Å². The van der Waals surface area contributed by atoms with Crippen molar-refractivity contribution in [1.29, 1.82) is 0 Å². The first kappa shape index (κ1) is 21.3. The van der Waals surface area contributed by atoms with Gasteiger partial charge in [-0.2, -0.15) is 13.2 Å². The summed E-state index contributed by atoms with van der Waals surface area (Å²) in [6, 6.07) is 0. The van der Waals surface area contributed by atoms with Gasteiger partial charge in [0.2, 0.25) is 0 Å². The third-order valence-electron chi connectivity index (χ3n) is 5.07. The fourth-order valence-electron chi connectivity index (χ4n) is 3.70. The quantitative estimate of drug-likeness (QED) is 0.387. The van der Waals surface area contributed by atoms with Crippen LogP contribution in [0.5, 0.6) is 0 Å². The number of rotatable bonds is 8. The summed E-state index contributed by atoms with van der Waals surface area (Å²) in [5, 5.41) is 6.47. The molecule has 0 bridgehead atoms. The zero-order chi connectivity index (χ0) is 18.8. The molecule has 0 amide bonds. The zero-order valence-electron chi connectivity index (χ0n) is 15.8. The van der Waals surface area contributed by atoms with E-state index in [-0.39, 0.29) is 5.92 Å². The van der Waals surface area contributed by atoms with Crippen LogP contribution in [0.25, 0.3) is 0 Å². The van der Waals surface area contributed by atoms with Crippen LogP contribution in [0.15, 0.2) is 4.99 Å². The first-order valence-electron chi connectivity index (χ1n) is 9.81. The summed E-state index contributed by atoms with van der Waals surface area (Å²) in [6.45, 7) is 2.36. The SMILES string of the molecule is CN=C(NCCCOC1CCCCC1)NCC1CCN(CC(F)(F)F)C1. The maximum atomic E-state index is 12.4. The molecular weight excluding hydrogens is 345 g/mol. The predicted octanol–water partition coefficient (Wildman–Crippen LogP) is 2.78. The molecule has 1 saturated heterocycles. The summed E-state index contributed by atoms with van der Waals surface area (Å²) in [5.74, 6) is 0.933. The number of nitrogens with zero attached hydrogens (tertiary/aromatic N) is 2. The molecule has 1 unspecified atom stereocenters. The monoisotopic (exact) mass is 378 g/mol. The molecule has 26 heavy (non-hydrogen) atoms. The number of nitrogens with one attached hydrogen (secondary N) is 2. The number of alkyl halides is 3. The smallest absolute Gasteiger partial charge is 0.378 e. The van der Waals surface area contributed by atoms with Gasteiger partial charge in [0.25, 0.3) is 0 Å². The molecule has 1 aliphatic carbocycles. The summed E-state index contributed by atoms with van der Waals surface area (Å²) in [4.78, 5) is 5.65. The molecule has 2 fully saturated rings. The van der Waals surface area contributed by atoms with Crippen LogP contribution in [0.3, 0.4) is 0 Å². The molecule has 2 rings (SSSR count). The maximum absolute atomic E-state index is 12.4. The van der Waals surface area contributed by atoms with Gasteiger partial charge in [0.1, 0.15) is 0 Å². The van der Waals surface area contributed by atoms with Gasteiger partial charge in [-0.3, -0.25) is 9.89 Å². The number of aliphatic imine (C=N–C) groups is 1. The van der Waals surface area contributed by atoms with Crippen LogP contribution in [0.2, 0.25) is 0 Å². The zero-order valence-corrected chi connectivity index (χ0v) is 15.8. The van der Waals surface area contributed by atoms with E-state index >= 15 is 0 Å². The molecule has 5 nitrogen and oxygen atoms in total. The van der Waals surface area contributed by atoms with Crippen LogP contribution in [-0.4, -0.2) is 69.5 Å². The van der Waals surface area contributed by atoms with Crippen molar-refractivity contribution in [2.45, 2.75) is 57.2 Å². The van der Waals surface area contributed by atoms with Gasteiger partial charge in [-0.25, -0.2) is 0 Å². The van der Waals surface area contributed by atoms with Crippen LogP contribution in [0.4, 0.5) is 13.2 Å². The Balaban J connectivity index is 1.52. The average Bonchev–Trinajstić information content (AvgIpc) is 3.03. The minimum Gasteiger partial charge on any atom is -0.378 e. The summed E-state index contributed by atoms with van der Waals surface area (Å²) in [7, 11) is 1.71. The third-order valence-corrected chi connectivity index (χ3v) is 5.07. The van der Waals surface area contributed by atoms with Crippen molar-refractivity contribution < 1.29 is 17.9 Å². The van der Waals surface area contributed by atoms with Crippen LogP contribution in [-0.2, 0) is 4.74 Å². The molecule has 0 aromatic rings. The van der Waals surface area contributed by atoms with Gasteiger partial charge in [0.15, 0.2) is 5.96 Å². The lowest BCUT2D eigenvalue weighted by Gasteiger charge is -2.22. The molecule has 0 spiro atoms. The molecule has 2 N–H and O–H groups in total. The highest BCUT2D eigenvalue weighted by Crippen LogP contribution is 2.22. The standard InChI is InChI=1S/C18H33F3N4O/c1-22-17(23-9-5-11-26-16-6-3-2-4-7-16)24-12-15-8-10-25(13-15)14-18(19,20)21/h15-16H,2-14H2,1H3,(H2,22,23,24). The molecule has 2 aliphatic rings. The van der Waals surface area contributed by atoms with E-state index in [1.54, 1.807) is 7.05 Å². The van der Waals surface area contributed by atoms with Crippen LogP contribution < -0.4 is 10.6 Å². The van der Waals surface area contributed by atoms with Gasteiger partial charge < -0.3 is 15.4 Å². The lowest BCUT2D eigenvalue weighted by atomic mass is 9.98. The minimum absolute atomic E-state index is 0.227. The van der Waals surface area contributed by atoms with Crippen LogP contribution in [0.1, 0.15) is 44.9 Å². The van der Waals surface area contributed by atoms with Crippen molar-refractivity contribution >= 4 is 5.96 Å². The Hall–Kier alpha value is -1.02. The van der Waals surface area contributed by atoms with Gasteiger partial charge >= 0.3 is 6.18 Å². The van der Waals surface area contributed by atoms with Crippen molar-refractivity contribution in [2.75, 3.05) is 46.4 Å². The number of guanidine groups is 1. The van der Waals surface area contributed by atoms with Crippen LogP contribution in [0, 0.1) is 5.92 Å². The molecule has 0 aromatic heterocycles. The van der Waals surface area contributed by atoms with Gasteiger partial charge in [0.05, 0.1) is 12.6 Å². The van der Waals surface area contributed by atoms with E-state index in [2.05, 4.69) is 15.6 Å². The van der Waals surface area contributed by atoms with Crippen molar-refractivity contribution in [3.8, 4) is 0 Å². The predicted molar refractivity (Wildman–Crippen MR) is 97.4 cm³/mol. The van der Waals surface area contributed by atoms with Gasteiger partial charge in [-0.15, -0.1) is 0 Å². The molecule has 0 aromatic carbocycles. The Morgan fingerprint density at radius 1 is 1.15 bits per heavy atom. The Morgan fingerprint density at radius 3 is 2.62 bits per heavy atom. The number of likely N-dealkylation sites (tertiary alicyclic amines) is 1. The lowest BCUT2D eigenvalue weighted by molar-refractivity contribution is -0.143. The largest absolute Gasteiger partial charge is 0.401 e. The van der Waals surface area contributed by atoms with E-state index in [1.165, 1.54) is 37.0 Å². The summed E-state index contributed by atoms with van der Waals surface area (Å²) >= 11 is 0. The Labute approximate surface area is 154 Å². The first-order valence-corrected chi connectivity index (χ1v) is 9.81. The fraction of sp³-hybridized carbons (Fsp3) is 0.944. The van der Waals surface area contributed by atoms with Crippen LogP contribution >= 0.6 is 0 Å².